The number of carbonyl (C=O) groups is 2. The molecule has 2 aromatic heterocycles. The molecular weight excluding hydrogens is 314 g/mol. The lowest BCUT2D eigenvalue weighted by Crippen LogP contribution is -2.13. The van der Waals surface area contributed by atoms with E-state index in [0.29, 0.717) is 10.2 Å². The summed E-state index contributed by atoms with van der Waals surface area (Å²) < 4.78 is 0.620. The summed E-state index contributed by atoms with van der Waals surface area (Å²) >= 11 is 3.17. The molecule has 2 N–H and O–H groups in total. The third-order valence-electron chi connectivity index (χ3n) is 2.24. The van der Waals surface area contributed by atoms with Crippen LogP contribution in [0.2, 0.25) is 0 Å². The summed E-state index contributed by atoms with van der Waals surface area (Å²) in [5, 5.41) is 11.3. The molecule has 0 aliphatic carbocycles. The Morgan fingerprint density at radius 3 is 2.58 bits per heavy atom. The van der Waals surface area contributed by atoms with E-state index in [2.05, 4.69) is 31.2 Å². The Labute approximate surface area is 116 Å². The standard InChI is InChI=1S/C12H8BrN3O3/c13-9-2-1-8(6-15-9)11(17)16-10-5-7(12(18)19)3-4-14-10/h1-6H,(H,18,19)(H,14,16,17). The van der Waals surface area contributed by atoms with Crippen molar-refractivity contribution in [3.8, 4) is 0 Å². The predicted molar refractivity (Wildman–Crippen MR) is 71.1 cm³/mol. The highest BCUT2D eigenvalue weighted by Crippen LogP contribution is 2.10. The number of amides is 1. The average Bonchev–Trinajstić information content (AvgIpc) is 2.39. The number of aromatic nitrogens is 2. The number of hydrogen-bond acceptors (Lipinski definition) is 4. The van der Waals surface area contributed by atoms with Gasteiger partial charge in [0.15, 0.2) is 0 Å². The summed E-state index contributed by atoms with van der Waals surface area (Å²) in [6, 6.07) is 5.86. The zero-order valence-corrected chi connectivity index (χ0v) is 11.1. The summed E-state index contributed by atoms with van der Waals surface area (Å²) in [6.07, 6.45) is 2.72. The van der Waals surface area contributed by atoms with Gasteiger partial charge in [0.2, 0.25) is 0 Å². The van der Waals surface area contributed by atoms with Crippen LogP contribution in [0.1, 0.15) is 20.7 Å². The number of hydrogen-bond donors (Lipinski definition) is 2. The first-order valence-corrected chi connectivity index (χ1v) is 5.98. The molecule has 0 atom stereocenters. The number of halogens is 1. The van der Waals surface area contributed by atoms with Crippen LogP contribution in [0.4, 0.5) is 5.82 Å². The van der Waals surface area contributed by atoms with Gasteiger partial charge in [0, 0.05) is 12.4 Å². The second-order valence-corrected chi connectivity index (χ2v) is 4.37. The van der Waals surface area contributed by atoms with Gasteiger partial charge in [-0.05, 0) is 40.2 Å². The molecule has 96 valence electrons. The zero-order chi connectivity index (χ0) is 13.8. The van der Waals surface area contributed by atoms with E-state index in [1.54, 1.807) is 12.1 Å². The second-order valence-electron chi connectivity index (χ2n) is 3.56. The van der Waals surface area contributed by atoms with E-state index >= 15 is 0 Å². The minimum atomic E-state index is -1.08. The fourth-order valence-corrected chi connectivity index (χ4v) is 1.57. The Morgan fingerprint density at radius 1 is 1.16 bits per heavy atom. The van der Waals surface area contributed by atoms with Crippen molar-refractivity contribution in [1.29, 1.82) is 0 Å². The number of aromatic carboxylic acids is 1. The maximum atomic E-state index is 11.9. The van der Waals surface area contributed by atoms with Crippen LogP contribution in [0.3, 0.4) is 0 Å². The van der Waals surface area contributed by atoms with Crippen LogP contribution in [0.25, 0.3) is 0 Å². The van der Waals surface area contributed by atoms with E-state index < -0.39 is 11.9 Å². The Morgan fingerprint density at radius 2 is 1.95 bits per heavy atom. The van der Waals surface area contributed by atoms with Crippen molar-refractivity contribution in [3.05, 3.63) is 52.4 Å². The lowest BCUT2D eigenvalue weighted by Gasteiger charge is -2.04. The maximum Gasteiger partial charge on any atom is 0.335 e. The van der Waals surface area contributed by atoms with Gasteiger partial charge in [-0.15, -0.1) is 0 Å². The van der Waals surface area contributed by atoms with E-state index in [1.165, 1.54) is 24.5 Å². The summed E-state index contributed by atoms with van der Waals surface area (Å²) in [7, 11) is 0. The van der Waals surface area contributed by atoms with E-state index in [1.807, 2.05) is 0 Å². The first-order valence-electron chi connectivity index (χ1n) is 5.18. The van der Waals surface area contributed by atoms with Crippen LogP contribution in [0, 0.1) is 0 Å². The Kier molecular flexibility index (Phi) is 3.86. The molecule has 0 aromatic carbocycles. The van der Waals surface area contributed by atoms with E-state index in [-0.39, 0.29) is 11.4 Å². The minimum absolute atomic E-state index is 0.0548. The zero-order valence-electron chi connectivity index (χ0n) is 9.50. The molecule has 2 rings (SSSR count). The van der Waals surface area contributed by atoms with Crippen molar-refractivity contribution in [2.75, 3.05) is 5.32 Å². The van der Waals surface area contributed by atoms with Gasteiger partial charge in [0.1, 0.15) is 10.4 Å². The predicted octanol–water partition coefficient (Wildman–Crippen LogP) is 2.19. The molecule has 0 radical (unpaired) electrons. The minimum Gasteiger partial charge on any atom is -0.478 e. The molecule has 0 spiro atoms. The first-order chi connectivity index (χ1) is 9.06. The first kappa shape index (κ1) is 13.2. The quantitative estimate of drug-likeness (QED) is 0.845. The molecule has 6 nitrogen and oxygen atoms in total. The molecule has 1 amide bonds. The van der Waals surface area contributed by atoms with Gasteiger partial charge in [-0.1, -0.05) is 0 Å². The molecule has 19 heavy (non-hydrogen) atoms. The highest BCUT2D eigenvalue weighted by Gasteiger charge is 2.09. The summed E-state index contributed by atoms with van der Waals surface area (Å²) in [5.41, 5.74) is 0.407. The number of nitrogens with zero attached hydrogens (tertiary/aromatic N) is 2. The number of nitrogens with one attached hydrogen (secondary N) is 1. The van der Waals surface area contributed by atoms with Gasteiger partial charge in [-0.3, -0.25) is 4.79 Å². The molecule has 0 bridgehead atoms. The highest BCUT2D eigenvalue weighted by molar-refractivity contribution is 9.10. The van der Waals surface area contributed by atoms with Crippen molar-refractivity contribution in [3.63, 3.8) is 0 Å². The van der Waals surface area contributed by atoms with Gasteiger partial charge < -0.3 is 10.4 Å². The van der Waals surface area contributed by atoms with Crippen LogP contribution in [-0.2, 0) is 0 Å². The number of anilines is 1. The number of carboxylic acids is 1. The largest absolute Gasteiger partial charge is 0.478 e. The van der Waals surface area contributed by atoms with Crippen LogP contribution in [0.15, 0.2) is 41.3 Å². The van der Waals surface area contributed by atoms with E-state index in [0.717, 1.165) is 0 Å². The third kappa shape index (κ3) is 3.35. The summed E-state index contributed by atoms with van der Waals surface area (Å²) in [5.74, 6) is -1.31. The average molecular weight is 322 g/mol. The van der Waals surface area contributed by atoms with Gasteiger partial charge in [-0.2, -0.15) is 0 Å². The van der Waals surface area contributed by atoms with Gasteiger partial charge >= 0.3 is 5.97 Å². The van der Waals surface area contributed by atoms with Crippen LogP contribution in [0.5, 0.6) is 0 Å². The Hall–Kier alpha value is -2.28. The molecule has 2 aromatic rings. The van der Waals surface area contributed by atoms with Crippen LogP contribution >= 0.6 is 15.9 Å². The molecule has 0 saturated carbocycles. The fourth-order valence-electron chi connectivity index (χ4n) is 1.33. The fraction of sp³-hybridized carbons (Fsp3) is 0. The molecule has 0 saturated heterocycles. The SMILES string of the molecule is O=C(O)c1ccnc(NC(=O)c2ccc(Br)nc2)c1. The normalized spacial score (nSPS) is 9.95. The number of carbonyl (C=O) groups excluding carboxylic acids is 1. The van der Waals surface area contributed by atoms with Gasteiger partial charge in [0.05, 0.1) is 11.1 Å². The van der Waals surface area contributed by atoms with Gasteiger partial charge in [-0.25, -0.2) is 14.8 Å². The molecular formula is C12H8BrN3O3. The van der Waals surface area contributed by atoms with Crippen molar-refractivity contribution in [1.82, 2.24) is 9.97 Å². The van der Waals surface area contributed by atoms with Crippen LogP contribution < -0.4 is 5.32 Å². The Balaban J connectivity index is 2.17. The highest BCUT2D eigenvalue weighted by atomic mass is 79.9. The number of rotatable bonds is 3. The Bertz CT molecular complexity index is 628. The number of carboxylic acid groups (broad SMARTS) is 1. The maximum absolute atomic E-state index is 11.9. The van der Waals surface area contributed by atoms with Crippen molar-refractivity contribution >= 4 is 33.6 Å². The van der Waals surface area contributed by atoms with E-state index in [4.69, 9.17) is 5.11 Å². The summed E-state index contributed by atoms with van der Waals surface area (Å²) in [4.78, 5) is 30.5. The van der Waals surface area contributed by atoms with Gasteiger partial charge in [0.25, 0.3) is 5.91 Å². The van der Waals surface area contributed by atoms with Crippen LogP contribution in [-0.4, -0.2) is 27.0 Å². The topological polar surface area (TPSA) is 92.2 Å². The second kappa shape index (κ2) is 5.57. The molecule has 0 aliphatic rings. The monoisotopic (exact) mass is 321 g/mol. The summed E-state index contributed by atoms with van der Waals surface area (Å²) in [6.45, 7) is 0. The van der Waals surface area contributed by atoms with Crippen molar-refractivity contribution in [2.24, 2.45) is 0 Å². The van der Waals surface area contributed by atoms with E-state index in [9.17, 15) is 9.59 Å². The molecule has 0 aliphatic heterocycles. The third-order valence-corrected chi connectivity index (χ3v) is 2.71. The molecule has 2 heterocycles. The lowest BCUT2D eigenvalue weighted by molar-refractivity contribution is 0.0696. The molecule has 0 unspecified atom stereocenters. The van der Waals surface area contributed by atoms with Crippen molar-refractivity contribution < 1.29 is 14.7 Å². The molecule has 0 fully saturated rings. The smallest absolute Gasteiger partial charge is 0.335 e. The molecule has 7 heteroatoms. The van der Waals surface area contributed by atoms with Crippen molar-refractivity contribution in [2.45, 2.75) is 0 Å². The lowest BCUT2D eigenvalue weighted by atomic mass is 10.2. The number of pyridine rings is 2.